The van der Waals surface area contributed by atoms with E-state index in [1.54, 1.807) is 11.3 Å². The average Bonchev–Trinajstić information content (AvgIpc) is 3.17. The van der Waals surface area contributed by atoms with E-state index >= 15 is 0 Å². The molecule has 2 heterocycles. The summed E-state index contributed by atoms with van der Waals surface area (Å²) in [5, 5.41) is 9.36. The fourth-order valence-electron chi connectivity index (χ4n) is 2.56. The standard InChI is InChI=1S/C19H21N3OS/c1-13(2)15-6-8-16(9-7-15)22-14(3)11-18(21-22)20-19(23)12-17-5-4-10-24-17/h4-11,13H,12H2,1-3H3,(H,20,21,23). The molecule has 0 radical (unpaired) electrons. The molecule has 5 heteroatoms. The van der Waals surface area contributed by atoms with E-state index in [2.05, 4.69) is 48.5 Å². The van der Waals surface area contributed by atoms with Crippen LogP contribution in [-0.4, -0.2) is 15.7 Å². The Morgan fingerprint density at radius 2 is 2.00 bits per heavy atom. The molecule has 1 N–H and O–H groups in total. The highest BCUT2D eigenvalue weighted by Gasteiger charge is 2.10. The van der Waals surface area contributed by atoms with Crippen molar-refractivity contribution in [1.29, 1.82) is 0 Å². The number of nitrogens with one attached hydrogen (secondary N) is 1. The van der Waals surface area contributed by atoms with E-state index in [9.17, 15) is 4.79 Å². The number of aryl methyl sites for hydroxylation is 1. The largest absolute Gasteiger partial charge is 0.309 e. The number of hydrogen-bond donors (Lipinski definition) is 1. The number of carbonyl (C=O) groups excluding carboxylic acids is 1. The molecule has 0 aliphatic heterocycles. The number of anilines is 1. The minimum atomic E-state index is -0.0442. The molecule has 0 aliphatic rings. The number of aromatic nitrogens is 2. The quantitative estimate of drug-likeness (QED) is 0.741. The van der Waals surface area contributed by atoms with E-state index in [4.69, 9.17) is 0 Å². The fourth-order valence-corrected chi connectivity index (χ4v) is 3.26. The predicted octanol–water partition coefficient (Wildman–Crippen LogP) is 4.55. The zero-order valence-electron chi connectivity index (χ0n) is 14.1. The van der Waals surface area contributed by atoms with Gasteiger partial charge in [-0.15, -0.1) is 16.4 Å². The van der Waals surface area contributed by atoms with Gasteiger partial charge in [-0.05, 0) is 42.0 Å². The lowest BCUT2D eigenvalue weighted by Crippen LogP contribution is -2.14. The van der Waals surface area contributed by atoms with Crippen LogP contribution in [0.25, 0.3) is 5.69 Å². The Kier molecular flexibility index (Phi) is 4.81. The van der Waals surface area contributed by atoms with Crippen molar-refractivity contribution in [3.63, 3.8) is 0 Å². The van der Waals surface area contributed by atoms with Gasteiger partial charge in [-0.25, -0.2) is 4.68 Å². The molecule has 2 aromatic heterocycles. The van der Waals surface area contributed by atoms with Gasteiger partial charge in [-0.3, -0.25) is 4.79 Å². The van der Waals surface area contributed by atoms with Crippen LogP contribution in [-0.2, 0) is 11.2 Å². The average molecular weight is 339 g/mol. The summed E-state index contributed by atoms with van der Waals surface area (Å²) in [6.45, 7) is 6.34. The van der Waals surface area contributed by atoms with E-state index in [-0.39, 0.29) is 5.91 Å². The second kappa shape index (κ2) is 7.01. The SMILES string of the molecule is Cc1cc(NC(=O)Cc2cccs2)nn1-c1ccc(C(C)C)cc1. The van der Waals surface area contributed by atoms with Crippen LogP contribution in [0.3, 0.4) is 0 Å². The highest BCUT2D eigenvalue weighted by Crippen LogP contribution is 2.19. The zero-order chi connectivity index (χ0) is 17.1. The molecule has 1 amide bonds. The van der Waals surface area contributed by atoms with Gasteiger partial charge in [0.25, 0.3) is 0 Å². The van der Waals surface area contributed by atoms with Crippen molar-refractivity contribution in [2.75, 3.05) is 5.32 Å². The maximum absolute atomic E-state index is 12.1. The van der Waals surface area contributed by atoms with E-state index in [0.29, 0.717) is 18.2 Å². The Balaban J connectivity index is 1.73. The highest BCUT2D eigenvalue weighted by atomic mass is 32.1. The van der Waals surface area contributed by atoms with Crippen LogP contribution < -0.4 is 5.32 Å². The van der Waals surface area contributed by atoms with E-state index < -0.39 is 0 Å². The lowest BCUT2D eigenvalue weighted by atomic mass is 10.0. The van der Waals surface area contributed by atoms with Crippen molar-refractivity contribution in [1.82, 2.24) is 9.78 Å². The molecule has 124 valence electrons. The fraction of sp³-hybridized carbons (Fsp3) is 0.263. The van der Waals surface area contributed by atoms with Crippen LogP contribution >= 0.6 is 11.3 Å². The number of amides is 1. The van der Waals surface area contributed by atoms with Crippen molar-refractivity contribution in [2.45, 2.75) is 33.1 Å². The third-order valence-electron chi connectivity index (χ3n) is 3.87. The van der Waals surface area contributed by atoms with Crippen LogP contribution in [0, 0.1) is 6.92 Å². The molecule has 3 aromatic rings. The summed E-state index contributed by atoms with van der Waals surface area (Å²) in [4.78, 5) is 13.2. The molecular formula is C19H21N3OS. The molecule has 24 heavy (non-hydrogen) atoms. The van der Waals surface area contributed by atoms with Crippen LogP contribution in [0.2, 0.25) is 0 Å². The highest BCUT2D eigenvalue weighted by molar-refractivity contribution is 7.10. The number of carbonyl (C=O) groups is 1. The second-order valence-electron chi connectivity index (χ2n) is 6.13. The van der Waals surface area contributed by atoms with Crippen LogP contribution in [0.5, 0.6) is 0 Å². The van der Waals surface area contributed by atoms with Gasteiger partial charge in [0, 0.05) is 16.6 Å². The number of nitrogens with zero attached hydrogens (tertiary/aromatic N) is 2. The Hall–Kier alpha value is -2.40. The third-order valence-corrected chi connectivity index (χ3v) is 4.75. The molecule has 0 bridgehead atoms. The summed E-state index contributed by atoms with van der Waals surface area (Å²) in [5.74, 6) is 1.05. The van der Waals surface area contributed by atoms with Crippen LogP contribution in [0.1, 0.15) is 35.9 Å². The Morgan fingerprint density at radius 3 is 2.62 bits per heavy atom. The van der Waals surface area contributed by atoms with Crippen molar-refractivity contribution in [2.24, 2.45) is 0 Å². The minimum absolute atomic E-state index is 0.0442. The smallest absolute Gasteiger partial charge is 0.230 e. The maximum Gasteiger partial charge on any atom is 0.230 e. The van der Waals surface area contributed by atoms with Crippen molar-refractivity contribution >= 4 is 23.1 Å². The molecule has 3 rings (SSSR count). The number of benzene rings is 1. The first kappa shape index (κ1) is 16.5. The van der Waals surface area contributed by atoms with Gasteiger partial charge in [0.1, 0.15) is 0 Å². The van der Waals surface area contributed by atoms with Gasteiger partial charge >= 0.3 is 0 Å². The summed E-state index contributed by atoms with van der Waals surface area (Å²) < 4.78 is 1.85. The van der Waals surface area contributed by atoms with Gasteiger partial charge in [0.2, 0.25) is 5.91 Å². The summed E-state index contributed by atoms with van der Waals surface area (Å²) >= 11 is 1.58. The first-order valence-electron chi connectivity index (χ1n) is 8.02. The normalized spacial score (nSPS) is 11.0. The number of rotatable bonds is 5. The molecule has 0 saturated heterocycles. The van der Waals surface area contributed by atoms with E-state index in [0.717, 1.165) is 16.3 Å². The number of hydrogen-bond acceptors (Lipinski definition) is 3. The minimum Gasteiger partial charge on any atom is -0.309 e. The molecule has 0 saturated carbocycles. The lowest BCUT2D eigenvalue weighted by molar-refractivity contribution is -0.115. The maximum atomic E-state index is 12.1. The molecule has 1 aromatic carbocycles. The van der Waals surface area contributed by atoms with E-state index in [1.807, 2.05) is 35.2 Å². The Morgan fingerprint density at radius 1 is 1.25 bits per heavy atom. The molecular weight excluding hydrogens is 318 g/mol. The summed E-state index contributed by atoms with van der Waals surface area (Å²) in [7, 11) is 0. The predicted molar refractivity (Wildman–Crippen MR) is 99.0 cm³/mol. The Labute approximate surface area is 146 Å². The van der Waals surface area contributed by atoms with E-state index in [1.165, 1.54) is 5.56 Å². The summed E-state index contributed by atoms with van der Waals surface area (Å²) in [5.41, 5.74) is 3.28. The van der Waals surface area contributed by atoms with Gasteiger partial charge in [0.05, 0.1) is 12.1 Å². The zero-order valence-corrected chi connectivity index (χ0v) is 14.9. The topological polar surface area (TPSA) is 46.9 Å². The summed E-state index contributed by atoms with van der Waals surface area (Å²) in [6.07, 6.45) is 0.382. The molecule has 0 spiro atoms. The van der Waals surface area contributed by atoms with Crippen molar-refractivity contribution in [3.8, 4) is 5.69 Å². The summed E-state index contributed by atoms with van der Waals surface area (Å²) in [6, 6.07) is 14.2. The molecule has 0 atom stereocenters. The van der Waals surface area contributed by atoms with Gasteiger partial charge in [-0.2, -0.15) is 0 Å². The lowest BCUT2D eigenvalue weighted by Gasteiger charge is -2.08. The third kappa shape index (κ3) is 3.74. The first-order valence-corrected chi connectivity index (χ1v) is 8.90. The molecule has 0 fully saturated rings. The van der Waals surface area contributed by atoms with Crippen LogP contribution in [0.15, 0.2) is 47.8 Å². The van der Waals surface area contributed by atoms with Gasteiger partial charge < -0.3 is 5.32 Å². The van der Waals surface area contributed by atoms with Crippen molar-refractivity contribution in [3.05, 3.63) is 64.0 Å². The molecule has 4 nitrogen and oxygen atoms in total. The number of thiophene rings is 1. The first-order chi connectivity index (χ1) is 11.5. The monoisotopic (exact) mass is 339 g/mol. The molecule has 0 aliphatic carbocycles. The van der Waals surface area contributed by atoms with Gasteiger partial charge in [0.15, 0.2) is 5.82 Å². The molecule has 0 unspecified atom stereocenters. The Bertz CT molecular complexity index is 817. The van der Waals surface area contributed by atoms with Gasteiger partial charge in [-0.1, -0.05) is 32.0 Å². The van der Waals surface area contributed by atoms with Crippen molar-refractivity contribution < 1.29 is 4.79 Å². The van der Waals surface area contributed by atoms with Crippen LogP contribution in [0.4, 0.5) is 5.82 Å². The second-order valence-corrected chi connectivity index (χ2v) is 7.17.